The van der Waals surface area contributed by atoms with Gasteiger partial charge in [0.05, 0.1) is 5.56 Å². The lowest BCUT2D eigenvalue weighted by Crippen LogP contribution is -2.39. The summed E-state index contributed by atoms with van der Waals surface area (Å²) in [7, 11) is 0. The molecular formula is C22H31ClN2O2. The van der Waals surface area contributed by atoms with Gasteiger partial charge in [-0.1, -0.05) is 23.3 Å². The van der Waals surface area contributed by atoms with Crippen LogP contribution in [0.1, 0.15) is 56.3 Å². The highest BCUT2D eigenvalue weighted by Gasteiger charge is 2.25. The monoisotopic (exact) mass is 390 g/mol. The fraction of sp³-hybridized carbons (Fsp3) is 0.591. The molecule has 0 atom stereocenters. The van der Waals surface area contributed by atoms with E-state index < -0.39 is 0 Å². The van der Waals surface area contributed by atoms with Gasteiger partial charge in [-0.05, 0) is 64.2 Å². The van der Waals surface area contributed by atoms with Crippen LogP contribution in [0.2, 0.25) is 5.02 Å². The first-order valence-electron chi connectivity index (χ1n) is 10.2. The number of carbonyl (C=O) groups is 1. The second kappa shape index (κ2) is 9.61. The van der Waals surface area contributed by atoms with Gasteiger partial charge in [-0.15, -0.1) is 0 Å². The summed E-state index contributed by atoms with van der Waals surface area (Å²) in [5, 5.41) is 0.612. The predicted molar refractivity (Wildman–Crippen MR) is 111 cm³/mol. The van der Waals surface area contributed by atoms with Gasteiger partial charge < -0.3 is 9.64 Å². The van der Waals surface area contributed by atoms with Crippen LogP contribution >= 0.6 is 11.6 Å². The summed E-state index contributed by atoms with van der Waals surface area (Å²) in [4.78, 5) is 17.4. The third-order valence-corrected chi connectivity index (χ3v) is 5.85. The van der Waals surface area contributed by atoms with Crippen molar-refractivity contribution >= 4 is 17.5 Å². The Balaban J connectivity index is 1.64. The number of hydrogen-bond acceptors (Lipinski definition) is 3. The van der Waals surface area contributed by atoms with Gasteiger partial charge in [0, 0.05) is 37.7 Å². The van der Waals surface area contributed by atoms with E-state index in [0.717, 1.165) is 58.4 Å². The normalized spacial score (nSPS) is 20.0. The minimum Gasteiger partial charge on any atom is -0.489 e. The SMILES string of the molecule is CC=C(C)CN1CCC(Oc2cc(Cl)ccc2C(=O)N2CCCCC2)CC1. The van der Waals surface area contributed by atoms with Crippen LogP contribution in [-0.2, 0) is 0 Å². The molecule has 0 radical (unpaired) electrons. The van der Waals surface area contributed by atoms with Crippen molar-refractivity contribution in [2.45, 2.75) is 52.1 Å². The highest BCUT2D eigenvalue weighted by molar-refractivity contribution is 6.30. The van der Waals surface area contributed by atoms with Crippen LogP contribution < -0.4 is 4.74 Å². The van der Waals surface area contributed by atoms with E-state index in [1.165, 1.54) is 12.0 Å². The van der Waals surface area contributed by atoms with Crippen molar-refractivity contribution in [1.82, 2.24) is 9.80 Å². The Kier molecular flexibility index (Phi) is 7.20. The average Bonchev–Trinajstić information content (AvgIpc) is 2.70. The maximum atomic E-state index is 13.0. The molecule has 27 heavy (non-hydrogen) atoms. The molecule has 1 aromatic carbocycles. The first kappa shape index (κ1) is 20.2. The fourth-order valence-electron chi connectivity index (χ4n) is 3.85. The maximum absolute atomic E-state index is 13.0. The zero-order chi connectivity index (χ0) is 19.2. The number of carbonyl (C=O) groups excluding carboxylic acids is 1. The minimum atomic E-state index is 0.0718. The first-order valence-corrected chi connectivity index (χ1v) is 10.5. The Morgan fingerprint density at radius 2 is 1.89 bits per heavy atom. The van der Waals surface area contributed by atoms with E-state index in [1.807, 2.05) is 11.0 Å². The molecular weight excluding hydrogens is 360 g/mol. The lowest BCUT2D eigenvalue weighted by Gasteiger charge is -2.33. The number of benzene rings is 1. The Bertz CT molecular complexity index is 675. The summed E-state index contributed by atoms with van der Waals surface area (Å²) < 4.78 is 6.29. The number of hydrogen-bond donors (Lipinski definition) is 0. The number of rotatable bonds is 5. The topological polar surface area (TPSA) is 32.8 Å². The molecule has 0 aliphatic carbocycles. The van der Waals surface area contributed by atoms with E-state index in [2.05, 4.69) is 24.8 Å². The van der Waals surface area contributed by atoms with Crippen molar-refractivity contribution < 1.29 is 9.53 Å². The van der Waals surface area contributed by atoms with Gasteiger partial charge in [0.25, 0.3) is 5.91 Å². The largest absolute Gasteiger partial charge is 0.489 e. The molecule has 2 aliphatic rings. The zero-order valence-electron chi connectivity index (χ0n) is 16.5. The number of amides is 1. The van der Waals surface area contributed by atoms with E-state index in [9.17, 15) is 4.79 Å². The molecule has 3 rings (SSSR count). The first-order chi connectivity index (χ1) is 13.1. The van der Waals surface area contributed by atoms with Crippen LogP contribution in [0, 0.1) is 0 Å². The van der Waals surface area contributed by atoms with E-state index in [4.69, 9.17) is 16.3 Å². The van der Waals surface area contributed by atoms with Crippen molar-refractivity contribution in [2.75, 3.05) is 32.7 Å². The van der Waals surface area contributed by atoms with Crippen LogP contribution in [0.15, 0.2) is 29.8 Å². The summed E-state index contributed by atoms with van der Waals surface area (Å²) >= 11 is 6.20. The summed E-state index contributed by atoms with van der Waals surface area (Å²) in [6.07, 6.45) is 7.63. The van der Waals surface area contributed by atoms with Crippen molar-refractivity contribution in [3.63, 3.8) is 0 Å². The standard InChI is InChI=1S/C22H31ClN2O2/c1-3-17(2)16-24-13-9-19(10-14-24)27-21-15-18(23)7-8-20(21)22(26)25-11-5-4-6-12-25/h3,7-8,15,19H,4-6,9-14,16H2,1-2H3. The van der Waals surface area contributed by atoms with Gasteiger partial charge in [-0.3, -0.25) is 9.69 Å². The van der Waals surface area contributed by atoms with Crippen molar-refractivity contribution in [3.05, 3.63) is 40.4 Å². The van der Waals surface area contributed by atoms with Crippen LogP contribution in [0.25, 0.3) is 0 Å². The molecule has 5 heteroatoms. The number of nitrogens with zero attached hydrogens (tertiary/aromatic N) is 2. The second-order valence-electron chi connectivity index (χ2n) is 7.72. The third kappa shape index (κ3) is 5.49. The molecule has 1 aromatic rings. The molecule has 2 heterocycles. The van der Waals surface area contributed by atoms with Crippen LogP contribution in [0.5, 0.6) is 5.75 Å². The number of allylic oxidation sites excluding steroid dienone is 1. The van der Waals surface area contributed by atoms with Crippen LogP contribution in [0.4, 0.5) is 0 Å². The lowest BCUT2D eigenvalue weighted by atomic mass is 10.1. The molecule has 148 valence electrons. The van der Waals surface area contributed by atoms with Crippen molar-refractivity contribution in [2.24, 2.45) is 0 Å². The fourth-order valence-corrected chi connectivity index (χ4v) is 4.01. The summed E-state index contributed by atoms with van der Waals surface area (Å²) in [5.74, 6) is 0.712. The van der Waals surface area contributed by atoms with Gasteiger partial charge in [0.1, 0.15) is 11.9 Å². The van der Waals surface area contributed by atoms with Gasteiger partial charge >= 0.3 is 0 Å². The molecule has 0 aromatic heterocycles. The molecule has 2 fully saturated rings. The molecule has 2 saturated heterocycles. The molecule has 0 N–H and O–H groups in total. The molecule has 0 saturated carbocycles. The Hall–Kier alpha value is -1.52. The molecule has 2 aliphatic heterocycles. The maximum Gasteiger partial charge on any atom is 0.257 e. The zero-order valence-corrected chi connectivity index (χ0v) is 17.3. The van der Waals surface area contributed by atoms with Crippen LogP contribution in [-0.4, -0.2) is 54.5 Å². The Morgan fingerprint density at radius 3 is 2.56 bits per heavy atom. The number of piperidine rings is 2. The Morgan fingerprint density at radius 1 is 1.19 bits per heavy atom. The smallest absolute Gasteiger partial charge is 0.257 e. The van der Waals surface area contributed by atoms with E-state index in [-0.39, 0.29) is 12.0 Å². The highest BCUT2D eigenvalue weighted by atomic mass is 35.5. The molecule has 0 unspecified atom stereocenters. The second-order valence-corrected chi connectivity index (χ2v) is 8.16. The summed E-state index contributed by atoms with van der Waals surface area (Å²) in [6.45, 7) is 9.00. The van der Waals surface area contributed by atoms with Crippen LogP contribution in [0.3, 0.4) is 0 Å². The predicted octanol–water partition coefficient (Wildman–Crippen LogP) is 4.78. The minimum absolute atomic E-state index is 0.0718. The van der Waals surface area contributed by atoms with E-state index in [1.54, 1.807) is 12.1 Å². The van der Waals surface area contributed by atoms with Gasteiger partial charge in [0.15, 0.2) is 0 Å². The van der Waals surface area contributed by atoms with Gasteiger partial charge in [-0.25, -0.2) is 0 Å². The lowest BCUT2D eigenvalue weighted by molar-refractivity contribution is 0.0706. The molecule has 1 amide bonds. The molecule has 0 bridgehead atoms. The third-order valence-electron chi connectivity index (χ3n) is 5.61. The quantitative estimate of drug-likeness (QED) is 0.678. The average molecular weight is 391 g/mol. The number of likely N-dealkylation sites (tertiary alicyclic amines) is 2. The molecule has 4 nitrogen and oxygen atoms in total. The van der Waals surface area contributed by atoms with Crippen molar-refractivity contribution in [3.8, 4) is 5.75 Å². The van der Waals surface area contributed by atoms with E-state index in [0.29, 0.717) is 16.3 Å². The highest BCUT2D eigenvalue weighted by Crippen LogP contribution is 2.29. The summed E-state index contributed by atoms with van der Waals surface area (Å²) in [6, 6.07) is 5.41. The summed E-state index contributed by atoms with van der Waals surface area (Å²) in [5.41, 5.74) is 2.05. The van der Waals surface area contributed by atoms with E-state index >= 15 is 0 Å². The van der Waals surface area contributed by atoms with Gasteiger partial charge in [-0.2, -0.15) is 0 Å². The molecule has 0 spiro atoms. The number of ether oxygens (including phenoxy) is 1. The van der Waals surface area contributed by atoms with Crippen molar-refractivity contribution in [1.29, 1.82) is 0 Å². The van der Waals surface area contributed by atoms with Gasteiger partial charge in [0.2, 0.25) is 0 Å². The number of halogens is 1. The Labute approximate surface area is 168 Å².